The van der Waals surface area contributed by atoms with Crippen LogP contribution in [0.3, 0.4) is 0 Å². The first kappa shape index (κ1) is 17.1. The van der Waals surface area contributed by atoms with E-state index in [1.54, 1.807) is 4.52 Å². The Morgan fingerprint density at radius 2 is 2.07 bits per heavy atom. The lowest BCUT2D eigenvalue weighted by atomic mass is 10.1. The largest absolute Gasteiger partial charge is 0.454 e. The zero-order valence-electron chi connectivity index (χ0n) is 15.3. The third kappa shape index (κ3) is 3.12. The lowest BCUT2D eigenvalue weighted by Crippen LogP contribution is -2.29. The maximum atomic E-state index is 12.6. The molecule has 1 aromatic carbocycles. The van der Waals surface area contributed by atoms with Gasteiger partial charge in [-0.15, -0.1) is 5.10 Å². The van der Waals surface area contributed by atoms with Crippen LogP contribution in [-0.2, 0) is 11.2 Å². The number of anilines is 1. The second kappa shape index (κ2) is 6.42. The Bertz CT molecular complexity index is 1050. The molecule has 0 bridgehead atoms. The number of aromatic nitrogens is 4. The SMILES string of the molecule is Cc1nc2nc(N)nn2c(C)c1CC(=O)NC(C)c1ccc2c(c1)OCO2. The Kier molecular flexibility index (Phi) is 4.06. The van der Waals surface area contributed by atoms with Crippen molar-refractivity contribution < 1.29 is 14.3 Å². The topological polar surface area (TPSA) is 117 Å². The van der Waals surface area contributed by atoms with Gasteiger partial charge in [0, 0.05) is 17.0 Å². The molecular formula is C18H20N6O3. The van der Waals surface area contributed by atoms with Crippen molar-refractivity contribution in [1.82, 2.24) is 24.9 Å². The van der Waals surface area contributed by atoms with E-state index >= 15 is 0 Å². The molecule has 0 saturated carbocycles. The predicted octanol–water partition coefficient (Wildman–Crippen LogP) is 1.47. The first-order chi connectivity index (χ1) is 12.9. The van der Waals surface area contributed by atoms with Crippen molar-refractivity contribution in [3.05, 3.63) is 40.7 Å². The summed E-state index contributed by atoms with van der Waals surface area (Å²) in [4.78, 5) is 21.1. The van der Waals surface area contributed by atoms with E-state index in [0.29, 0.717) is 11.5 Å². The van der Waals surface area contributed by atoms with Crippen molar-refractivity contribution in [2.24, 2.45) is 0 Å². The third-order valence-corrected chi connectivity index (χ3v) is 4.68. The molecular weight excluding hydrogens is 348 g/mol. The summed E-state index contributed by atoms with van der Waals surface area (Å²) in [5.41, 5.74) is 8.93. The molecule has 1 atom stereocenters. The van der Waals surface area contributed by atoms with E-state index in [2.05, 4.69) is 20.4 Å². The van der Waals surface area contributed by atoms with E-state index in [0.717, 1.165) is 28.3 Å². The number of aryl methyl sites for hydroxylation is 2. The summed E-state index contributed by atoms with van der Waals surface area (Å²) >= 11 is 0. The van der Waals surface area contributed by atoms with Gasteiger partial charge in [-0.2, -0.15) is 9.50 Å². The number of hydrogen-bond acceptors (Lipinski definition) is 7. The molecule has 3 aromatic rings. The number of nitrogens with one attached hydrogen (secondary N) is 1. The molecule has 9 heteroatoms. The molecule has 1 amide bonds. The average molecular weight is 368 g/mol. The van der Waals surface area contributed by atoms with Gasteiger partial charge >= 0.3 is 0 Å². The van der Waals surface area contributed by atoms with Gasteiger partial charge in [-0.1, -0.05) is 6.07 Å². The van der Waals surface area contributed by atoms with Gasteiger partial charge in [0.1, 0.15) is 0 Å². The fourth-order valence-corrected chi connectivity index (χ4v) is 3.20. The summed E-state index contributed by atoms with van der Waals surface area (Å²) in [7, 11) is 0. The Hall–Kier alpha value is -3.36. The molecule has 0 fully saturated rings. The van der Waals surface area contributed by atoms with Crippen LogP contribution in [0.5, 0.6) is 11.5 Å². The van der Waals surface area contributed by atoms with Crippen LogP contribution in [0.1, 0.15) is 35.5 Å². The highest BCUT2D eigenvalue weighted by atomic mass is 16.7. The molecule has 0 aliphatic carbocycles. The molecule has 27 heavy (non-hydrogen) atoms. The van der Waals surface area contributed by atoms with E-state index in [-0.39, 0.29) is 31.1 Å². The van der Waals surface area contributed by atoms with Crippen LogP contribution in [0.25, 0.3) is 5.78 Å². The normalized spacial score (nSPS) is 13.7. The Balaban J connectivity index is 1.51. The fraction of sp³-hybridized carbons (Fsp3) is 0.333. The quantitative estimate of drug-likeness (QED) is 0.716. The molecule has 4 rings (SSSR count). The average Bonchev–Trinajstić information content (AvgIpc) is 3.23. The summed E-state index contributed by atoms with van der Waals surface area (Å²) in [5.74, 6) is 1.89. The molecule has 3 N–H and O–H groups in total. The Morgan fingerprint density at radius 3 is 2.89 bits per heavy atom. The minimum atomic E-state index is -0.175. The van der Waals surface area contributed by atoms with E-state index in [4.69, 9.17) is 15.2 Å². The standard InChI is InChI=1S/C18H20N6O3/c1-9(12-4-5-14-15(6-12)27-8-26-14)20-16(25)7-13-10(2)21-18-22-17(19)23-24(18)11(13)3/h4-6,9H,7-8H2,1-3H3,(H2,19,23)(H,20,25). The van der Waals surface area contributed by atoms with Gasteiger partial charge in [0.05, 0.1) is 12.5 Å². The van der Waals surface area contributed by atoms with Crippen molar-refractivity contribution in [2.75, 3.05) is 12.5 Å². The summed E-state index contributed by atoms with van der Waals surface area (Å²) in [6.45, 7) is 5.87. The van der Waals surface area contributed by atoms with Crippen LogP contribution >= 0.6 is 0 Å². The number of nitrogens with two attached hydrogens (primary N) is 1. The molecule has 140 valence electrons. The highest BCUT2D eigenvalue weighted by Gasteiger charge is 2.19. The van der Waals surface area contributed by atoms with Crippen LogP contribution in [0.4, 0.5) is 5.95 Å². The number of fused-ring (bicyclic) bond motifs is 2. The zero-order valence-corrected chi connectivity index (χ0v) is 15.3. The summed E-state index contributed by atoms with van der Waals surface area (Å²) in [6.07, 6.45) is 0.190. The van der Waals surface area contributed by atoms with Crippen molar-refractivity contribution in [3.63, 3.8) is 0 Å². The molecule has 1 aliphatic rings. The van der Waals surface area contributed by atoms with Crippen LogP contribution < -0.4 is 20.5 Å². The van der Waals surface area contributed by atoms with E-state index in [9.17, 15) is 4.79 Å². The van der Waals surface area contributed by atoms with Crippen molar-refractivity contribution >= 4 is 17.6 Å². The third-order valence-electron chi connectivity index (χ3n) is 4.68. The molecule has 1 unspecified atom stereocenters. The van der Waals surface area contributed by atoms with E-state index in [1.165, 1.54) is 0 Å². The molecule has 9 nitrogen and oxygen atoms in total. The van der Waals surface area contributed by atoms with Gasteiger partial charge in [0.2, 0.25) is 18.6 Å². The summed E-state index contributed by atoms with van der Waals surface area (Å²) in [5, 5.41) is 7.14. The molecule has 1 aliphatic heterocycles. The Morgan fingerprint density at radius 1 is 1.30 bits per heavy atom. The van der Waals surface area contributed by atoms with Crippen molar-refractivity contribution in [3.8, 4) is 11.5 Å². The first-order valence-corrected chi connectivity index (χ1v) is 8.59. The molecule has 3 heterocycles. The lowest BCUT2D eigenvalue weighted by Gasteiger charge is -2.16. The number of ether oxygens (including phenoxy) is 2. The zero-order chi connectivity index (χ0) is 19.1. The summed E-state index contributed by atoms with van der Waals surface area (Å²) < 4.78 is 12.3. The lowest BCUT2D eigenvalue weighted by molar-refractivity contribution is -0.121. The van der Waals surface area contributed by atoms with E-state index < -0.39 is 0 Å². The second-order valence-corrected chi connectivity index (χ2v) is 6.52. The molecule has 0 spiro atoms. The molecule has 0 saturated heterocycles. The fourth-order valence-electron chi connectivity index (χ4n) is 3.20. The first-order valence-electron chi connectivity index (χ1n) is 8.59. The number of carbonyl (C=O) groups excluding carboxylic acids is 1. The van der Waals surface area contributed by atoms with E-state index in [1.807, 2.05) is 39.0 Å². The maximum Gasteiger partial charge on any atom is 0.254 e. The number of nitrogen functional groups attached to an aromatic ring is 1. The van der Waals surface area contributed by atoms with Crippen LogP contribution in [0, 0.1) is 13.8 Å². The van der Waals surface area contributed by atoms with Gasteiger partial charge in [-0.05, 0) is 38.5 Å². The number of benzene rings is 1. The van der Waals surface area contributed by atoms with Crippen LogP contribution in [0.15, 0.2) is 18.2 Å². The highest BCUT2D eigenvalue weighted by Crippen LogP contribution is 2.34. The maximum absolute atomic E-state index is 12.6. The van der Waals surface area contributed by atoms with Gasteiger partial charge in [-0.25, -0.2) is 4.98 Å². The molecule has 2 aromatic heterocycles. The monoisotopic (exact) mass is 368 g/mol. The van der Waals surface area contributed by atoms with Gasteiger partial charge in [-0.3, -0.25) is 4.79 Å². The van der Waals surface area contributed by atoms with Crippen molar-refractivity contribution in [2.45, 2.75) is 33.2 Å². The van der Waals surface area contributed by atoms with Gasteiger partial charge < -0.3 is 20.5 Å². The minimum Gasteiger partial charge on any atom is -0.454 e. The second-order valence-electron chi connectivity index (χ2n) is 6.52. The number of rotatable bonds is 4. The number of carbonyl (C=O) groups is 1. The summed E-state index contributed by atoms with van der Waals surface area (Å²) in [6, 6.07) is 5.48. The number of amides is 1. The predicted molar refractivity (Wildman–Crippen MR) is 97.5 cm³/mol. The minimum absolute atomic E-state index is 0.111. The van der Waals surface area contributed by atoms with Crippen molar-refractivity contribution in [1.29, 1.82) is 0 Å². The van der Waals surface area contributed by atoms with Crippen LogP contribution in [-0.4, -0.2) is 32.3 Å². The van der Waals surface area contributed by atoms with Gasteiger partial charge in [0.25, 0.3) is 5.78 Å². The number of hydrogen-bond donors (Lipinski definition) is 2. The van der Waals surface area contributed by atoms with Gasteiger partial charge in [0.15, 0.2) is 11.5 Å². The highest BCUT2D eigenvalue weighted by molar-refractivity contribution is 5.79. The smallest absolute Gasteiger partial charge is 0.254 e. The van der Waals surface area contributed by atoms with Crippen LogP contribution in [0.2, 0.25) is 0 Å². The number of nitrogens with zero attached hydrogens (tertiary/aromatic N) is 4. The Labute approximate surface area is 155 Å². The molecule has 0 radical (unpaired) electrons.